The molecule has 3 N–H and O–H groups in total. The van der Waals surface area contributed by atoms with Crippen LogP contribution in [0.2, 0.25) is 5.02 Å². The lowest BCUT2D eigenvalue weighted by Gasteiger charge is -2.06. The Morgan fingerprint density at radius 2 is 1.93 bits per heavy atom. The molecule has 0 heterocycles. The lowest BCUT2D eigenvalue weighted by molar-refractivity contribution is 0.416. The fraction of sp³-hybridized carbons (Fsp3) is 0.538. The molecule has 4 heteroatoms. The summed E-state index contributed by atoms with van der Waals surface area (Å²) < 4.78 is 5.07. The average Bonchev–Trinajstić information content (AvgIpc) is 3.36. The Bertz CT molecular complexity index is 634. The van der Waals surface area contributed by atoms with Crippen LogP contribution in [0.1, 0.15) is 60.8 Å². The molecule has 1 aliphatic rings. The van der Waals surface area contributed by atoms with Gasteiger partial charge in [-0.2, -0.15) is 0 Å². The molecule has 0 amide bonds. The highest BCUT2D eigenvalue weighted by Gasteiger charge is 2.44. The van der Waals surface area contributed by atoms with E-state index in [9.17, 15) is 0 Å². The Morgan fingerprint density at radius 1 is 1.37 bits per heavy atom. The van der Waals surface area contributed by atoms with Gasteiger partial charge >= 0.3 is 0 Å². The van der Waals surface area contributed by atoms with Crippen LogP contribution in [0.4, 0.5) is 5.69 Å². The van der Waals surface area contributed by atoms with Crippen molar-refractivity contribution in [2.45, 2.75) is 60.8 Å². The zero-order valence-corrected chi connectivity index (χ0v) is 21.3. The number of hydrogen-bond donors (Lipinski definition) is 2. The van der Waals surface area contributed by atoms with Crippen LogP contribution in [0.3, 0.4) is 0 Å². The van der Waals surface area contributed by atoms with E-state index in [2.05, 4.69) is 51.7 Å². The quantitative estimate of drug-likeness (QED) is 0.427. The Hall–Kier alpha value is -1.71. The Morgan fingerprint density at radius 3 is 2.33 bits per heavy atom. The van der Waals surface area contributed by atoms with Crippen molar-refractivity contribution in [3.8, 4) is 5.75 Å². The molecule has 0 bridgehead atoms. The van der Waals surface area contributed by atoms with Crippen molar-refractivity contribution in [3.63, 3.8) is 0 Å². The summed E-state index contributed by atoms with van der Waals surface area (Å²) in [6, 6.07) is 5.44. The Balaban J connectivity index is 0. The maximum absolute atomic E-state index is 5.76. The smallest absolute Gasteiger partial charge is 0.142 e. The summed E-state index contributed by atoms with van der Waals surface area (Å²) in [5.41, 5.74) is 7.83. The number of nitrogens with two attached hydrogens (primary N) is 1. The lowest BCUT2D eigenvalue weighted by Crippen LogP contribution is -1.93. The van der Waals surface area contributed by atoms with E-state index < -0.39 is 0 Å². The third-order valence-corrected chi connectivity index (χ3v) is 4.85. The first-order valence-corrected chi connectivity index (χ1v) is 11.3. The number of halogens is 1. The maximum Gasteiger partial charge on any atom is 0.142 e. The number of benzene rings is 1. The predicted molar refractivity (Wildman–Crippen MR) is 138 cm³/mol. The van der Waals surface area contributed by atoms with Gasteiger partial charge in [0.1, 0.15) is 5.75 Å². The van der Waals surface area contributed by atoms with Gasteiger partial charge in [0.15, 0.2) is 0 Å². The van der Waals surface area contributed by atoms with Gasteiger partial charge in [-0.3, -0.25) is 0 Å². The topological polar surface area (TPSA) is 47.3 Å². The summed E-state index contributed by atoms with van der Waals surface area (Å²) in [6.45, 7) is 17.3. The third kappa shape index (κ3) is 14.3. The van der Waals surface area contributed by atoms with E-state index in [1.54, 1.807) is 13.2 Å². The van der Waals surface area contributed by atoms with Gasteiger partial charge in [-0.25, -0.2) is 0 Å². The zero-order chi connectivity index (χ0) is 23.6. The Kier molecular flexibility index (Phi) is 18.4. The molecule has 3 nitrogen and oxygen atoms in total. The molecule has 1 atom stereocenters. The number of rotatable bonds is 7. The van der Waals surface area contributed by atoms with Crippen LogP contribution in [-0.2, 0) is 0 Å². The van der Waals surface area contributed by atoms with Gasteiger partial charge in [0.2, 0.25) is 0 Å². The number of methoxy groups -OCH3 is 1. The van der Waals surface area contributed by atoms with Crippen molar-refractivity contribution in [3.05, 3.63) is 59.7 Å². The molecule has 0 radical (unpaired) electrons. The molecule has 1 fully saturated rings. The van der Waals surface area contributed by atoms with Crippen LogP contribution >= 0.6 is 11.6 Å². The largest absolute Gasteiger partial charge is 0.495 e. The summed E-state index contributed by atoms with van der Waals surface area (Å²) in [5, 5.41) is 3.68. The normalized spacial score (nSPS) is 16.1. The van der Waals surface area contributed by atoms with E-state index in [1.807, 2.05) is 45.2 Å². The molecule has 0 aliphatic heterocycles. The van der Waals surface area contributed by atoms with Crippen LogP contribution in [0, 0.1) is 11.3 Å². The van der Waals surface area contributed by atoms with Crippen LogP contribution in [0.15, 0.2) is 54.7 Å². The molecule has 1 unspecified atom stereocenters. The molecular formula is C26H45ClN2O. The van der Waals surface area contributed by atoms with Crippen molar-refractivity contribution < 1.29 is 4.74 Å². The third-order valence-electron chi connectivity index (χ3n) is 4.62. The highest BCUT2D eigenvalue weighted by Crippen LogP contribution is 2.53. The first-order valence-electron chi connectivity index (χ1n) is 10.9. The predicted octanol–water partition coefficient (Wildman–Crippen LogP) is 7.88. The Labute approximate surface area is 191 Å². The second-order valence-electron chi connectivity index (χ2n) is 7.56. The van der Waals surface area contributed by atoms with Crippen LogP contribution in [-0.4, -0.2) is 20.7 Å². The SMILES string of the molecule is C=C/C=C(C)\C=C/CC1CC1(C)C.CC.CCCN.CNc1cc(Cl)ccc1OC. The minimum absolute atomic E-state index is 0.612. The van der Waals surface area contributed by atoms with Crippen molar-refractivity contribution in [2.75, 3.05) is 26.0 Å². The van der Waals surface area contributed by atoms with Gasteiger partial charge < -0.3 is 15.8 Å². The van der Waals surface area contributed by atoms with E-state index in [1.165, 1.54) is 18.4 Å². The molecule has 30 heavy (non-hydrogen) atoms. The van der Waals surface area contributed by atoms with Crippen LogP contribution in [0.25, 0.3) is 0 Å². The van der Waals surface area contributed by atoms with E-state index in [4.69, 9.17) is 22.1 Å². The first-order chi connectivity index (χ1) is 14.2. The summed E-state index contributed by atoms with van der Waals surface area (Å²) in [6.07, 6.45) is 12.1. The molecule has 1 aromatic carbocycles. The van der Waals surface area contributed by atoms with E-state index >= 15 is 0 Å². The molecule has 0 aromatic heterocycles. The van der Waals surface area contributed by atoms with Crippen molar-refractivity contribution >= 4 is 17.3 Å². The summed E-state index contributed by atoms with van der Waals surface area (Å²) >= 11 is 5.76. The minimum Gasteiger partial charge on any atom is -0.495 e. The molecule has 1 aliphatic carbocycles. The highest BCUT2D eigenvalue weighted by atomic mass is 35.5. The number of nitrogens with one attached hydrogen (secondary N) is 1. The number of anilines is 1. The maximum atomic E-state index is 5.76. The van der Waals surface area contributed by atoms with Gasteiger partial charge in [-0.15, -0.1) is 0 Å². The van der Waals surface area contributed by atoms with Gasteiger partial charge in [0.05, 0.1) is 12.8 Å². The van der Waals surface area contributed by atoms with Crippen LogP contribution < -0.4 is 15.8 Å². The molecule has 0 spiro atoms. The fourth-order valence-electron chi connectivity index (χ4n) is 2.51. The second-order valence-corrected chi connectivity index (χ2v) is 7.99. The van der Waals surface area contributed by atoms with E-state index in [-0.39, 0.29) is 0 Å². The van der Waals surface area contributed by atoms with Crippen molar-refractivity contribution in [1.82, 2.24) is 0 Å². The molecule has 0 saturated heterocycles. The number of allylic oxidation sites excluding steroid dienone is 5. The van der Waals surface area contributed by atoms with E-state index in [0.29, 0.717) is 10.4 Å². The fourth-order valence-corrected chi connectivity index (χ4v) is 2.69. The van der Waals surface area contributed by atoms with Gasteiger partial charge in [-0.1, -0.05) is 82.7 Å². The van der Waals surface area contributed by atoms with Crippen molar-refractivity contribution in [2.24, 2.45) is 17.1 Å². The first kappa shape index (κ1) is 30.5. The lowest BCUT2D eigenvalue weighted by atomic mass is 10.1. The molecule has 172 valence electrons. The summed E-state index contributed by atoms with van der Waals surface area (Å²) in [7, 11) is 3.46. The summed E-state index contributed by atoms with van der Waals surface area (Å²) in [5.74, 6) is 1.72. The van der Waals surface area contributed by atoms with Crippen LogP contribution in [0.5, 0.6) is 5.75 Å². The standard InChI is InChI=1S/C13H20.C8H10ClNO.C3H9N.C2H6/c1-5-7-11(2)8-6-9-12-10-13(12,3)4;1-10-7-5-6(9)3-4-8(7)11-2;1-2-3-4;1-2/h5-8,12H,1,9-10H2,2-4H3;3-5,10H,1-2H3;2-4H2,1H3;1-2H3/b8-6-,11-7-;;;. The summed E-state index contributed by atoms with van der Waals surface area (Å²) in [4.78, 5) is 0. The minimum atomic E-state index is 0.612. The van der Waals surface area contributed by atoms with Gasteiger partial charge in [-0.05, 0) is 62.3 Å². The highest BCUT2D eigenvalue weighted by molar-refractivity contribution is 6.30. The van der Waals surface area contributed by atoms with Crippen molar-refractivity contribution in [1.29, 1.82) is 0 Å². The second kappa shape index (κ2) is 18.1. The monoisotopic (exact) mass is 436 g/mol. The average molecular weight is 437 g/mol. The molecular weight excluding hydrogens is 392 g/mol. The number of hydrogen-bond acceptors (Lipinski definition) is 3. The van der Waals surface area contributed by atoms with E-state index in [0.717, 1.165) is 30.3 Å². The number of ether oxygens (including phenoxy) is 1. The van der Waals surface area contributed by atoms with Gasteiger partial charge in [0.25, 0.3) is 0 Å². The van der Waals surface area contributed by atoms with Gasteiger partial charge in [0, 0.05) is 12.1 Å². The molecule has 1 aromatic rings. The zero-order valence-electron chi connectivity index (χ0n) is 20.5. The molecule has 1 saturated carbocycles. The molecule has 2 rings (SSSR count).